The molecule has 0 fully saturated rings. The van der Waals surface area contributed by atoms with Gasteiger partial charge in [0.1, 0.15) is 19.3 Å². The van der Waals surface area contributed by atoms with Crippen molar-refractivity contribution in [2.45, 2.75) is 419 Å². The molecule has 0 aromatic rings. The topological polar surface area (TPSA) is 237 Å². The second-order valence-corrected chi connectivity index (χ2v) is 31.4. The van der Waals surface area contributed by atoms with Gasteiger partial charge in [0.15, 0.2) is 12.2 Å². The lowest BCUT2D eigenvalue weighted by Crippen LogP contribution is -2.30. The van der Waals surface area contributed by atoms with E-state index in [9.17, 15) is 43.2 Å². The predicted molar refractivity (Wildman–Crippen MR) is 391 cm³/mol. The Labute approximate surface area is 588 Å². The third kappa shape index (κ3) is 69.2. The van der Waals surface area contributed by atoms with Crippen molar-refractivity contribution < 1.29 is 80.2 Å². The molecule has 0 aliphatic rings. The molecule has 3 N–H and O–H groups in total. The minimum Gasteiger partial charge on any atom is -0.462 e. The average molecular weight is 1410 g/mol. The molecular weight excluding hydrogens is 1260 g/mol. The smallest absolute Gasteiger partial charge is 0.462 e. The Bertz CT molecular complexity index is 1860. The third-order valence-corrected chi connectivity index (χ3v) is 20.2. The summed E-state index contributed by atoms with van der Waals surface area (Å²) in [4.78, 5) is 72.8. The van der Waals surface area contributed by atoms with Crippen LogP contribution in [0.5, 0.6) is 0 Å². The molecule has 6 atom stereocenters. The summed E-state index contributed by atoms with van der Waals surface area (Å²) in [6, 6.07) is 0. The number of ether oxygens (including phenoxy) is 4. The van der Waals surface area contributed by atoms with E-state index in [0.29, 0.717) is 25.7 Å². The maximum absolute atomic E-state index is 13.1. The highest BCUT2D eigenvalue weighted by Crippen LogP contribution is 2.45. The van der Waals surface area contributed by atoms with E-state index in [2.05, 4.69) is 41.5 Å². The van der Waals surface area contributed by atoms with Gasteiger partial charge in [-0.15, -0.1) is 0 Å². The van der Waals surface area contributed by atoms with Gasteiger partial charge < -0.3 is 33.8 Å². The van der Waals surface area contributed by atoms with Crippen molar-refractivity contribution in [2.75, 3.05) is 39.6 Å². The number of carbonyl (C=O) groups is 4. The largest absolute Gasteiger partial charge is 0.472 e. The monoisotopic (exact) mass is 1410 g/mol. The highest BCUT2D eigenvalue weighted by molar-refractivity contribution is 7.47. The number of phosphoric ester groups is 2. The van der Waals surface area contributed by atoms with Crippen LogP contribution in [0, 0.1) is 11.8 Å². The molecule has 0 bridgehead atoms. The molecule has 0 aromatic carbocycles. The summed E-state index contributed by atoms with van der Waals surface area (Å²) < 4.78 is 68.6. The fourth-order valence-electron chi connectivity index (χ4n) is 11.8. The number of aliphatic hydroxyl groups excluding tert-OH is 1. The van der Waals surface area contributed by atoms with Gasteiger partial charge >= 0.3 is 39.5 Å². The molecule has 3 unspecified atom stereocenters. The van der Waals surface area contributed by atoms with Crippen molar-refractivity contribution in [3.63, 3.8) is 0 Å². The quantitative estimate of drug-likeness (QED) is 0.0222. The van der Waals surface area contributed by atoms with Crippen LogP contribution in [0.4, 0.5) is 0 Å². The molecule has 0 aliphatic carbocycles. The lowest BCUT2D eigenvalue weighted by molar-refractivity contribution is -0.161. The number of hydrogen-bond acceptors (Lipinski definition) is 15. The molecule has 0 heterocycles. The lowest BCUT2D eigenvalue weighted by Gasteiger charge is -2.21. The molecule has 19 heteroatoms. The highest BCUT2D eigenvalue weighted by atomic mass is 31.2. The summed E-state index contributed by atoms with van der Waals surface area (Å²) >= 11 is 0. The van der Waals surface area contributed by atoms with Crippen LogP contribution in [0.15, 0.2) is 0 Å². The van der Waals surface area contributed by atoms with Gasteiger partial charge in [0.2, 0.25) is 0 Å². The second-order valence-electron chi connectivity index (χ2n) is 28.5. The molecular formula is C77H150O17P2. The number of aliphatic hydroxyl groups is 1. The first kappa shape index (κ1) is 94.1. The number of esters is 4. The Morgan fingerprint density at radius 1 is 0.302 bits per heavy atom. The van der Waals surface area contributed by atoms with E-state index in [-0.39, 0.29) is 25.7 Å². The number of carbonyl (C=O) groups excluding carboxylic acids is 4. The summed E-state index contributed by atoms with van der Waals surface area (Å²) in [5.74, 6) is -0.515. The number of hydrogen-bond donors (Lipinski definition) is 3. The number of phosphoric acid groups is 2. The van der Waals surface area contributed by atoms with Crippen molar-refractivity contribution in [1.82, 2.24) is 0 Å². The maximum Gasteiger partial charge on any atom is 0.472 e. The van der Waals surface area contributed by atoms with Gasteiger partial charge in [-0.3, -0.25) is 37.3 Å². The Morgan fingerprint density at radius 2 is 0.531 bits per heavy atom. The van der Waals surface area contributed by atoms with Crippen LogP contribution in [0.3, 0.4) is 0 Å². The van der Waals surface area contributed by atoms with Crippen LogP contribution in [0.25, 0.3) is 0 Å². The molecule has 0 amide bonds. The predicted octanol–water partition coefficient (Wildman–Crippen LogP) is 22.7. The van der Waals surface area contributed by atoms with E-state index in [1.807, 2.05) is 0 Å². The molecule has 0 saturated carbocycles. The molecule has 0 aromatic heterocycles. The van der Waals surface area contributed by atoms with Gasteiger partial charge in [-0.25, -0.2) is 9.13 Å². The highest BCUT2D eigenvalue weighted by Gasteiger charge is 2.30. The lowest BCUT2D eigenvalue weighted by atomic mass is 9.99. The molecule has 0 aliphatic heterocycles. The van der Waals surface area contributed by atoms with E-state index in [0.717, 1.165) is 102 Å². The average Bonchev–Trinajstić information content (AvgIpc) is 1.22. The Hall–Kier alpha value is -1.94. The number of rotatable bonds is 76. The van der Waals surface area contributed by atoms with Crippen molar-refractivity contribution in [1.29, 1.82) is 0 Å². The van der Waals surface area contributed by atoms with E-state index in [1.54, 1.807) is 0 Å². The third-order valence-electron chi connectivity index (χ3n) is 18.3. The summed E-state index contributed by atoms with van der Waals surface area (Å²) in [6.45, 7) is 9.65. The van der Waals surface area contributed by atoms with E-state index < -0.39 is 97.5 Å². The van der Waals surface area contributed by atoms with E-state index >= 15 is 0 Å². The summed E-state index contributed by atoms with van der Waals surface area (Å²) in [5.41, 5.74) is 0. The molecule has 0 rings (SSSR count). The standard InChI is InChI=1S/C77H150O17P2/c1-7-10-12-14-16-18-20-21-22-26-29-36-42-48-54-60-75(80)88-66-73(93-76(81)61-55-49-43-37-30-27-24-23-25-28-34-40-46-52-58-70(6)9-3)68-92-96(85,86)90-64-71(78)63-89-95(83,84)91-67-72(65-87-74(79)59-53-47-41-35-19-17-15-13-11-8-2)94-77(82)62-56-50-44-38-32-31-33-39-45-51-57-69(4)5/h69-73,78H,7-68H2,1-6H3,(H,83,84)(H,85,86)/t70?,71-,72+,73+/m0/s1. The molecule has 0 radical (unpaired) electrons. The first-order valence-corrected chi connectivity index (χ1v) is 43.0. The van der Waals surface area contributed by atoms with Crippen LogP contribution in [-0.4, -0.2) is 96.7 Å². The fourth-order valence-corrected chi connectivity index (χ4v) is 13.4. The summed E-state index contributed by atoms with van der Waals surface area (Å²) in [5, 5.41) is 10.6. The minimum atomic E-state index is -4.96. The van der Waals surface area contributed by atoms with Crippen LogP contribution in [0.1, 0.15) is 401 Å². The Morgan fingerprint density at radius 3 is 0.792 bits per heavy atom. The van der Waals surface area contributed by atoms with Gasteiger partial charge in [0, 0.05) is 25.7 Å². The van der Waals surface area contributed by atoms with Gasteiger partial charge in [0.05, 0.1) is 26.4 Å². The summed E-state index contributed by atoms with van der Waals surface area (Å²) in [6.07, 6.45) is 56.7. The van der Waals surface area contributed by atoms with E-state index in [1.165, 1.54) is 218 Å². The normalized spacial score (nSPS) is 14.3. The zero-order chi connectivity index (χ0) is 70.7. The fraction of sp³-hybridized carbons (Fsp3) is 0.948. The van der Waals surface area contributed by atoms with Crippen LogP contribution in [0.2, 0.25) is 0 Å². The Balaban J connectivity index is 5.25. The van der Waals surface area contributed by atoms with Crippen molar-refractivity contribution in [3.8, 4) is 0 Å². The molecule has 96 heavy (non-hydrogen) atoms. The molecule has 0 spiro atoms. The van der Waals surface area contributed by atoms with Crippen molar-refractivity contribution >= 4 is 39.5 Å². The van der Waals surface area contributed by atoms with E-state index in [4.69, 9.17) is 37.0 Å². The Kier molecular flexibility index (Phi) is 67.4. The minimum absolute atomic E-state index is 0.106. The molecule has 17 nitrogen and oxygen atoms in total. The van der Waals surface area contributed by atoms with Crippen LogP contribution < -0.4 is 0 Å². The molecule has 570 valence electrons. The van der Waals surface area contributed by atoms with Gasteiger partial charge in [-0.2, -0.15) is 0 Å². The zero-order valence-electron chi connectivity index (χ0n) is 62.7. The first-order chi connectivity index (χ1) is 46.4. The number of unbranched alkanes of at least 4 members (excludes halogenated alkanes) is 45. The van der Waals surface area contributed by atoms with Crippen LogP contribution >= 0.6 is 15.6 Å². The van der Waals surface area contributed by atoms with Crippen molar-refractivity contribution in [3.05, 3.63) is 0 Å². The van der Waals surface area contributed by atoms with Gasteiger partial charge in [0.25, 0.3) is 0 Å². The van der Waals surface area contributed by atoms with Gasteiger partial charge in [-0.05, 0) is 37.5 Å². The van der Waals surface area contributed by atoms with Crippen LogP contribution in [-0.2, 0) is 65.4 Å². The first-order valence-electron chi connectivity index (χ1n) is 40.0. The zero-order valence-corrected chi connectivity index (χ0v) is 64.5. The van der Waals surface area contributed by atoms with Gasteiger partial charge in [-0.1, -0.05) is 350 Å². The van der Waals surface area contributed by atoms with Crippen molar-refractivity contribution in [2.24, 2.45) is 11.8 Å². The second kappa shape index (κ2) is 68.8. The SMILES string of the molecule is CCCCCCCCCCCCCCCCCC(=O)OC[C@H](COP(=O)(O)OC[C@@H](O)COP(=O)(O)OC[C@@H](COC(=O)CCCCCCCCCCCC)OC(=O)CCCCCCCCCCCCC(C)C)OC(=O)CCCCCCCCCCCCCCCCC(C)CC. The summed E-state index contributed by atoms with van der Waals surface area (Å²) in [7, 11) is -9.91. The molecule has 0 saturated heterocycles. The maximum atomic E-state index is 13.1.